The van der Waals surface area contributed by atoms with Crippen molar-refractivity contribution >= 4 is 22.6 Å². The smallest absolute Gasteiger partial charge is 0.291 e. The Balaban J connectivity index is 1.91. The number of halogens is 2. The molecule has 0 radical (unpaired) electrons. The Labute approximate surface area is 137 Å². The molecule has 0 aliphatic carbocycles. The Hall–Kier alpha value is -2.89. The molecule has 2 aromatic carbocycles. The summed E-state index contributed by atoms with van der Waals surface area (Å²) in [6, 6.07) is 8.42. The van der Waals surface area contributed by atoms with Crippen LogP contribution < -0.4 is 10.1 Å². The lowest BCUT2D eigenvalue weighted by atomic mass is 10.1. The summed E-state index contributed by atoms with van der Waals surface area (Å²) >= 11 is 0. The molecule has 0 unspecified atom stereocenters. The zero-order valence-electron chi connectivity index (χ0n) is 13.2. The van der Waals surface area contributed by atoms with Crippen LogP contribution in [0.25, 0.3) is 11.0 Å². The molecule has 24 heavy (non-hydrogen) atoms. The van der Waals surface area contributed by atoms with Gasteiger partial charge in [-0.2, -0.15) is 0 Å². The second-order valence-corrected chi connectivity index (χ2v) is 5.23. The first-order chi connectivity index (χ1) is 11.5. The van der Waals surface area contributed by atoms with Crippen LogP contribution in [0.2, 0.25) is 0 Å². The molecule has 0 aliphatic heterocycles. The SMILES string of the molecule is CCOc1ccc2oc(C(=O)Nc3ccc(F)c(F)c3)c(C)c2c1. The van der Waals surface area contributed by atoms with Gasteiger partial charge in [0, 0.05) is 22.7 Å². The Morgan fingerprint density at radius 3 is 2.67 bits per heavy atom. The molecule has 1 amide bonds. The van der Waals surface area contributed by atoms with E-state index < -0.39 is 17.5 Å². The minimum atomic E-state index is -1.03. The van der Waals surface area contributed by atoms with Crippen molar-refractivity contribution < 1.29 is 22.7 Å². The van der Waals surface area contributed by atoms with Gasteiger partial charge in [0.15, 0.2) is 17.4 Å². The van der Waals surface area contributed by atoms with Gasteiger partial charge in [0.05, 0.1) is 6.61 Å². The van der Waals surface area contributed by atoms with Crippen LogP contribution in [0.4, 0.5) is 14.5 Å². The number of hydrogen-bond donors (Lipinski definition) is 1. The monoisotopic (exact) mass is 331 g/mol. The van der Waals surface area contributed by atoms with Gasteiger partial charge in [-0.3, -0.25) is 4.79 Å². The summed E-state index contributed by atoms with van der Waals surface area (Å²) in [4.78, 5) is 12.4. The molecule has 0 bridgehead atoms. The highest BCUT2D eigenvalue weighted by Gasteiger charge is 2.18. The molecule has 124 valence electrons. The van der Waals surface area contributed by atoms with E-state index in [9.17, 15) is 13.6 Å². The van der Waals surface area contributed by atoms with Gasteiger partial charge in [0.2, 0.25) is 0 Å². The third-order valence-electron chi connectivity index (χ3n) is 3.60. The second kappa shape index (κ2) is 6.31. The summed E-state index contributed by atoms with van der Waals surface area (Å²) in [5.74, 6) is -1.75. The van der Waals surface area contributed by atoms with Crippen molar-refractivity contribution in [3.8, 4) is 5.75 Å². The molecule has 0 saturated heterocycles. The molecule has 0 fully saturated rings. The molecular formula is C18H15F2NO3. The van der Waals surface area contributed by atoms with E-state index in [2.05, 4.69) is 5.32 Å². The van der Waals surface area contributed by atoms with Crippen molar-refractivity contribution in [3.63, 3.8) is 0 Å². The zero-order valence-corrected chi connectivity index (χ0v) is 13.2. The molecule has 0 atom stereocenters. The third kappa shape index (κ3) is 2.95. The first kappa shape index (κ1) is 16.0. The third-order valence-corrected chi connectivity index (χ3v) is 3.60. The normalized spacial score (nSPS) is 10.8. The maximum atomic E-state index is 13.2. The summed E-state index contributed by atoms with van der Waals surface area (Å²) in [7, 11) is 0. The number of fused-ring (bicyclic) bond motifs is 1. The molecule has 1 heterocycles. The maximum absolute atomic E-state index is 13.2. The quantitative estimate of drug-likeness (QED) is 0.756. The van der Waals surface area contributed by atoms with Gasteiger partial charge in [-0.15, -0.1) is 0 Å². The van der Waals surface area contributed by atoms with Crippen LogP contribution in [0.1, 0.15) is 23.0 Å². The van der Waals surface area contributed by atoms with Crippen molar-refractivity contribution in [2.75, 3.05) is 11.9 Å². The fourth-order valence-electron chi connectivity index (χ4n) is 2.43. The lowest BCUT2D eigenvalue weighted by Gasteiger charge is -2.04. The Morgan fingerprint density at radius 2 is 1.96 bits per heavy atom. The first-order valence-corrected chi connectivity index (χ1v) is 7.42. The van der Waals surface area contributed by atoms with Crippen LogP contribution in [0, 0.1) is 18.6 Å². The van der Waals surface area contributed by atoms with Gasteiger partial charge in [-0.1, -0.05) is 0 Å². The van der Waals surface area contributed by atoms with Crippen LogP contribution in [0.15, 0.2) is 40.8 Å². The minimum Gasteiger partial charge on any atom is -0.494 e. The number of aryl methyl sites for hydroxylation is 1. The van der Waals surface area contributed by atoms with Gasteiger partial charge in [-0.05, 0) is 44.2 Å². The Morgan fingerprint density at radius 1 is 1.17 bits per heavy atom. The summed E-state index contributed by atoms with van der Waals surface area (Å²) in [6.07, 6.45) is 0. The number of ether oxygens (including phenoxy) is 1. The fourth-order valence-corrected chi connectivity index (χ4v) is 2.43. The van der Waals surface area contributed by atoms with E-state index in [1.54, 1.807) is 25.1 Å². The van der Waals surface area contributed by atoms with Crippen LogP contribution in [-0.2, 0) is 0 Å². The van der Waals surface area contributed by atoms with Gasteiger partial charge >= 0.3 is 0 Å². The molecule has 1 aromatic heterocycles. The average Bonchev–Trinajstić information content (AvgIpc) is 2.88. The fraction of sp³-hybridized carbons (Fsp3) is 0.167. The number of furan rings is 1. The second-order valence-electron chi connectivity index (χ2n) is 5.23. The number of anilines is 1. The maximum Gasteiger partial charge on any atom is 0.291 e. The summed E-state index contributed by atoms with van der Waals surface area (Å²) < 4.78 is 37.2. The summed E-state index contributed by atoms with van der Waals surface area (Å²) in [5, 5.41) is 3.26. The van der Waals surface area contributed by atoms with Crippen LogP contribution in [-0.4, -0.2) is 12.5 Å². The lowest BCUT2D eigenvalue weighted by Crippen LogP contribution is -2.12. The molecule has 0 saturated carbocycles. The highest BCUT2D eigenvalue weighted by molar-refractivity contribution is 6.06. The predicted molar refractivity (Wildman–Crippen MR) is 86.4 cm³/mol. The molecular weight excluding hydrogens is 316 g/mol. The largest absolute Gasteiger partial charge is 0.494 e. The van der Waals surface area contributed by atoms with Gasteiger partial charge in [-0.25, -0.2) is 8.78 Å². The minimum absolute atomic E-state index is 0.114. The first-order valence-electron chi connectivity index (χ1n) is 7.42. The van der Waals surface area contributed by atoms with Gasteiger partial charge in [0.1, 0.15) is 11.3 Å². The van der Waals surface area contributed by atoms with E-state index in [1.165, 1.54) is 6.07 Å². The highest BCUT2D eigenvalue weighted by atomic mass is 19.2. The number of nitrogens with one attached hydrogen (secondary N) is 1. The number of benzene rings is 2. The zero-order chi connectivity index (χ0) is 17.3. The molecule has 1 N–H and O–H groups in total. The van der Waals surface area contributed by atoms with E-state index in [4.69, 9.17) is 9.15 Å². The van der Waals surface area contributed by atoms with Crippen molar-refractivity contribution in [2.24, 2.45) is 0 Å². The predicted octanol–water partition coefficient (Wildman–Crippen LogP) is 4.67. The molecule has 3 aromatic rings. The number of hydrogen-bond acceptors (Lipinski definition) is 3. The molecule has 4 nitrogen and oxygen atoms in total. The van der Waals surface area contributed by atoms with Crippen molar-refractivity contribution in [1.82, 2.24) is 0 Å². The number of rotatable bonds is 4. The van der Waals surface area contributed by atoms with Gasteiger partial charge in [0.25, 0.3) is 5.91 Å². The van der Waals surface area contributed by atoms with Crippen molar-refractivity contribution in [3.05, 3.63) is 59.4 Å². The van der Waals surface area contributed by atoms with Gasteiger partial charge < -0.3 is 14.5 Å². The van der Waals surface area contributed by atoms with E-state index >= 15 is 0 Å². The Bertz CT molecular complexity index is 918. The number of carbonyl (C=O) groups excluding carboxylic acids is 1. The molecule has 0 spiro atoms. The van der Waals surface area contributed by atoms with E-state index in [0.717, 1.165) is 17.5 Å². The lowest BCUT2D eigenvalue weighted by molar-refractivity contribution is 0.0998. The topological polar surface area (TPSA) is 51.5 Å². The molecule has 6 heteroatoms. The number of amides is 1. The molecule has 3 rings (SSSR count). The molecule has 0 aliphatic rings. The summed E-state index contributed by atoms with van der Waals surface area (Å²) in [5.41, 5.74) is 1.34. The Kier molecular flexibility index (Phi) is 4.20. The summed E-state index contributed by atoms with van der Waals surface area (Å²) in [6.45, 7) is 4.17. The number of carbonyl (C=O) groups is 1. The van der Waals surface area contributed by atoms with Crippen LogP contribution in [0.5, 0.6) is 5.75 Å². The van der Waals surface area contributed by atoms with Crippen LogP contribution in [0.3, 0.4) is 0 Å². The van der Waals surface area contributed by atoms with Crippen LogP contribution >= 0.6 is 0 Å². The van der Waals surface area contributed by atoms with E-state index in [1.807, 2.05) is 6.92 Å². The average molecular weight is 331 g/mol. The van der Waals surface area contributed by atoms with Crippen molar-refractivity contribution in [2.45, 2.75) is 13.8 Å². The van der Waals surface area contributed by atoms with E-state index in [-0.39, 0.29) is 11.4 Å². The van der Waals surface area contributed by atoms with Crippen molar-refractivity contribution in [1.29, 1.82) is 0 Å². The highest BCUT2D eigenvalue weighted by Crippen LogP contribution is 2.29. The van der Waals surface area contributed by atoms with E-state index in [0.29, 0.717) is 23.5 Å². The standard InChI is InChI=1S/C18H15F2NO3/c1-3-23-12-5-7-16-13(9-12)10(2)17(24-16)18(22)21-11-4-6-14(19)15(20)8-11/h4-9H,3H2,1-2H3,(H,21,22).